The summed E-state index contributed by atoms with van der Waals surface area (Å²) in [6.07, 6.45) is 2.37. The van der Waals surface area contributed by atoms with Crippen LogP contribution < -0.4 is 0 Å². The largest absolute Gasteiger partial charge is 0.299 e. The highest BCUT2D eigenvalue weighted by Crippen LogP contribution is 2.11. The Hall–Kier alpha value is -1.18. The van der Waals surface area contributed by atoms with Gasteiger partial charge in [0, 0.05) is 12.3 Å². The standard InChI is InChI=1S/C13H17FO/c1-3-4-10(2)13(15)9-11-5-7-12(14)8-6-11/h5-8,10H,3-4,9H2,1-2H3. The summed E-state index contributed by atoms with van der Waals surface area (Å²) >= 11 is 0. The molecule has 15 heavy (non-hydrogen) atoms. The number of ketones is 1. The molecular formula is C13H17FO. The third kappa shape index (κ3) is 3.82. The van der Waals surface area contributed by atoms with Crippen molar-refractivity contribution in [1.29, 1.82) is 0 Å². The first kappa shape index (κ1) is 11.9. The number of carbonyl (C=O) groups excluding carboxylic acids is 1. The minimum Gasteiger partial charge on any atom is -0.299 e. The van der Waals surface area contributed by atoms with E-state index in [0.717, 1.165) is 18.4 Å². The number of rotatable bonds is 5. The molecule has 0 N–H and O–H groups in total. The number of hydrogen-bond donors (Lipinski definition) is 0. The molecule has 1 aromatic rings. The topological polar surface area (TPSA) is 17.1 Å². The predicted octanol–water partition coefficient (Wildman–Crippen LogP) is 3.37. The van der Waals surface area contributed by atoms with Crippen molar-refractivity contribution in [3.8, 4) is 0 Å². The Morgan fingerprint density at radius 2 is 1.93 bits per heavy atom. The molecule has 0 bridgehead atoms. The van der Waals surface area contributed by atoms with Gasteiger partial charge in [0.25, 0.3) is 0 Å². The summed E-state index contributed by atoms with van der Waals surface area (Å²) in [7, 11) is 0. The van der Waals surface area contributed by atoms with Crippen molar-refractivity contribution >= 4 is 5.78 Å². The van der Waals surface area contributed by atoms with E-state index >= 15 is 0 Å². The molecular weight excluding hydrogens is 191 g/mol. The fourth-order valence-electron chi connectivity index (χ4n) is 1.57. The highest BCUT2D eigenvalue weighted by Gasteiger charge is 2.12. The van der Waals surface area contributed by atoms with Gasteiger partial charge in [0.05, 0.1) is 0 Å². The van der Waals surface area contributed by atoms with E-state index in [9.17, 15) is 9.18 Å². The van der Waals surface area contributed by atoms with Gasteiger partial charge in [-0.15, -0.1) is 0 Å². The molecule has 82 valence electrons. The van der Waals surface area contributed by atoms with Crippen molar-refractivity contribution in [2.24, 2.45) is 5.92 Å². The monoisotopic (exact) mass is 208 g/mol. The first-order valence-electron chi connectivity index (χ1n) is 5.40. The Morgan fingerprint density at radius 1 is 1.33 bits per heavy atom. The third-order valence-electron chi connectivity index (χ3n) is 2.56. The average molecular weight is 208 g/mol. The molecule has 0 saturated heterocycles. The summed E-state index contributed by atoms with van der Waals surface area (Å²) in [5.74, 6) is 0.0938. The van der Waals surface area contributed by atoms with Gasteiger partial charge in [-0.3, -0.25) is 4.79 Å². The normalized spacial score (nSPS) is 12.5. The number of halogens is 1. The van der Waals surface area contributed by atoms with Crippen LogP contribution in [0.2, 0.25) is 0 Å². The molecule has 0 aliphatic carbocycles. The van der Waals surface area contributed by atoms with E-state index in [2.05, 4.69) is 6.92 Å². The van der Waals surface area contributed by atoms with Crippen LogP contribution in [-0.2, 0) is 11.2 Å². The summed E-state index contributed by atoms with van der Waals surface area (Å²) in [5, 5.41) is 0. The van der Waals surface area contributed by atoms with Crippen molar-refractivity contribution in [1.82, 2.24) is 0 Å². The van der Waals surface area contributed by atoms with Crippen molar-refractivity contribution in [2.45, 2.75) is 33.1 Å². The molecule has 0 aliphatic rings. The smallest absolute Gasteiger partial charge is 0.140 e. The van der Waals surface area contributed by atoms with Gasteiger partial charge in [0.2, 0.25) is 0 Å². The van der Waals surface area contributed by atoms with Gasteiger partial charge in [-0.1, -0.05) is 32.4 Å². The molecule has 1 aromatic carbocycles. The Morgan fingerprint density at radius 3 is 2.47 bits per heavy atom. The molecule has 0 aliphatic heterocycles. The van der Waals surface area contributed by atoms with Crippen molar-refractivity contribution in [3.05, 3.63) is 35.6 Å². The van der Waals surface area contributed by atoms with E-state index in [1.807, 2.05) is 6.92 Å². The average Bonchev–Trinajstić information content (AvgIpc) is 2.22. The lowest BCUT2D eigenvalue weighted by molar-refractivity contribution is -0.121. The molecule has 1 rings (SSSR count). The maximum Gasteiger partial charge on any atom is 0.140 e. The van der Waals surface area contributed by atoms with Crippen LogP contribution in [0, 0.1) is 11.7 Å². The zero-order valence-electron chi connectivity index (χ0n) is 9.29. The van der Waals surface area contributed by atoms with E-state index in [4.69, 9.17) is 0 Å². The van der Waals surface area contributed by atoms with Crippen LogP contribution in [0.3, 0.4) is 0 Å². The molecule has 0 heterocycles. The van der Waals surface area contributed by atoms with Gasteiger partial charge < -0.3 is 0 Å². The first-order chi connectivity index (χ1) is 7.13. The van der Waals surface area contributed by atoms with Crippen LogP contribution in [0.25, 0.3) is 0 Å². The van der Waals surface area contributed by atoms with Crippen LogP contribution in [0.1, 0.15) is 32.3 Å². The minimum atomic E-state index is -0.257. The number of benzene rings is 1. The summed E-state index contributed by atoms with van der Waals surface area (Å²) < 4.78 is 12.6. The highest BCUT2D eigenvalue weighted by molar-refractivity contribution is 5.82. The second-order valence-corrected chi connectivity index (χ2v) is 3.96. The second kappa shape index (κ2) is 5.64. The van der Waals surface area contributed by atoms with E-state index in [1.54, 1.807) is 12.1 Å². The second-order valence-electron chi connectivity index (χ2n) is 3.96. The molecule has 2 heteroatoms. The van der Waals surface area contributed by atoms with Gasteiger partial charge in [-0.2, -0.15) is 0 Å². The van der Waals surface area contributed by atoms with Crippen LogP contribution in [0.15, 0.2) is 24.3 Å². The molecule has 0 amide bonds. The van der Waals surface area contributed by atoms with Gasteiger partial charge in [0.1, 0.15) is 11.6 Å². The van der Waals surface area contributed by atoms with E-state index in [-0.39, 0.29) is 17.5 Å². The fraction of sp³-hybridized carbons (Fsp3) is 0.462. The quantitative estimate of drug-likeness (QED) is 0.725. The van der Waals surface area contributed by atoms with Crippen LogP contribution >= 0.6 is 0 Å². The molecule has 0 saturated carbocycles. The Kier molecular flexibility index (Phi) is 4.47. The first-order valence-corrected chi connectivity index (χ1v) is 5.40. The number of hydrogen-bond acceptors (Lipinski definition) is 1. The summed E-state index contributed by atoms with van der Waals surface area (Å²) in [6.45, 7) is 4.02. The molecule has 1 nitrogen and oxygen atoms in total. The third-order valence-corrected chi connectivity index (χ3v) is 2.56. The molecule has 1 unspecified atom stereocenters. The maximum absolute atomic E-state index is 12.6. The molecule has 0 fully saturated rings. The van der Waals surface area contributed by atoms with Gasteiger partial charge in [-0.25, -0.2) is 4.39 Å². The highest BCUT2D eigenvalue weighted by atomic mass is 19.1. The Bertz CT molecular complexity index is 316. The van der Waals surface area contributed by atoms with Crippen molar-refractivity contribution in [2.75, 3.05) is 0 Å². The summed E-state index contributed by atoms with van der Waals surface area (Å²) in [6, 6.07) is 6.14. The van der Waals surface area contributed by atoms with Gasteiger partial charge in [0.15, 0.2) is 0 Å². The maximum atomic E-state index is 12.6. The van der Waals surface area contributed by atoms with E-state index in [1.165, 1.54) is 12.1 Å². The van der Waals surface area contributed by atoms with Crippen molar-refractivity contribution < 1.29 is 9.18 Å². The summed E-state index contributed by atoms with van der Waals surface area (Å²) in [4.78, 5) is 11.7. The van der Waals surface area contributed by atoms with Crippen LogP contribution in [0.4, 0.5) is 4.39 Å². The van der Waals surface area contributed by atoms with Crippen LogP contribution in [-0.4, -0.2) is 5.78 Å². The lowest BCUT2D eigenvalue weighted by Crippen LogP contribution is -2.13. The number of Topliss-reactive ketones (excluding diaryl/α,β-unsaturated/α-hetero) is 1. The van der Waals surface area contributed by atoms with Crippen molar-refractivity contribution in [3.63, 3.8) is 0 Å². The SMILES string of the molecule is CCCC(C)C(=O)Cc1ccc(F)cc1. The fourth-order valence-corrected chi connectivity index (χ4v) is 1.57. The minimum absolute atomic E-state index is 0.111. The number of carbonyl (C=O) groups is 1. The predicted molar refractivity (Wildman–Crippen MR) is 59.2 cm³/mol. The lowest BCUT2D eigenvalue weighted by atomic mass is 9.96. The zero-order chi connectivity index (χ0) is 11.3. The van der Waals surface area contributed by atoms with E-state index < -0.39 is 0 Å². The Balaban J connectivity index is 2.54. The van der Waals surface area contributed by atoms with E-state index in [0.29, 0.717) is 6.42 Å². The molecule has 0 aromatic heterocycles. The van der Waals surface area contributed by atoms with Gasteiger partial charge in [-0.05, 0) is 24.1 Å². The molecule has 1 atom stereocenters. The zero-order valence-corrected chi connectivity index (χ0v) is 9.29. The molecule has 0 spiro atoms. The Labute approximate surface area is 90.3 Å². The lowest BCUT2D eigenvalue weighted by Gasteiger charge is -2.08. The molecule has 0 radical (unpaired) electrons. The summed E-state index contributed by atoms with van der Waals surface area (Å²) in [5.41, 5.74) is 0.893. The van der Waals surface area contributed by atoms with Crippen LogP contribution in [0.5, 0.6) is 0 Å². The van der Waals surface area contributed by atoms with Gasteiger partial charge >= 0.3 is 0 Å².